The molecular formula is C21H26N4O3S. The highest BCUT2D eigenvalue weighted by molar-refractivity contribution is 7.89. The summed E-state index contributed by atoms with van der Waals surface area (Å²) < 4.78 is 32.7. The van der Waals surface area contributed by atoms with Gasteiger partial charge >= 0.3 is 0 Å². The normalized spacial score (nSPS) is 11.7. The Kier molecular flexibility index (Phi) is 6.66. The number of aromatic amines is 1. The molecule has 3 rings (SSSR count). The minimum atomic E-state index is -3.55. The Labute approximate surface area is 171 Å². The molecule has 0 aliphatic heterocycles. The van der Waals surface area contributed by atoms with Crippen LogP contribution in [0.1, 0.15) is 25.2 Å². The number of methoxy groups -OCH3 is 1. The van der Waals surface area contributed by atoms with Gasteiger partial charge in [-0.25, -0.2) is 18.1 Å². The van der Waals surface area contributed by atoms with Crippen LogP contribution >= 0.6 is 0 Å². The molecule has 0 saturated heterocycles. The molecular weight excluding hydrogens is 388 g/mol. The molecule has 154 valence electrons. The molecule has 0 radical (unpaired) electrons. The van der Waals surface area contributed by atoms with E-state index in [0.29, 0.717) is 24.0 Å². The number of ether oxygens (including phenoxy) is 1. The van der Waals surface area contributed by atoms with Crippen LogP contribution in [0, 0.1) is 5.92 Å². The predicted molar refractivity (Wildman–Crippen MR) is 112 cm³/mol. The van der Waals surface area contributed by atoms with Gasteiger partial charge in [0.15, 0.2) is 5.82 Å². The van der Waals surface area contributed by atoms with Crippen molar-refractivity contribution in [3.8, 4) is 17.1 Å². The highest BCUT2D eigenvalue weighted by Gasteiger charge is 2.14. The van der Waals surface area contributed by atoms with Crippen molar-refractivity contribution in [1.29, 1.82) is 0 Å². The summed E-state index contributed by atoms with van der Waals surface area (Å²) in [5.41, 5.74) is 1.99. The Balaban J connectivity index is 1.57. The Bertz CT molecular complexity index is 1030. The minimum Gasteiger partial charge on any atom is -0.497 e. The Hall–Kier alpha value is -2.71. The SMILES string of the molecule is COc1ccc(-c2n[nH]c(CCNS(=O)(=O)c3ccc(CC(C)C)cc3)n2)cc1. The number of hydrogen-bond donors (Lipinski definition) is 2. The van der Waals surface area contributed by atoms with Crippen LogP contribution in [0.15, 0.2) is 53.4 Å². The Morgan fingerprint density at radius 1 is 1.07 bits per heavy atom. The molecule has 2 N–H and O–H groups in total. The van der Waals surface area contributed by atoms with E-state index in [4.69, 9.17) is 4.74 Å². The van der Waals surface area contributed by atoms with Crippen molar-refractivity contribution in [2.24, 2.45) is 5.92 Å². The fourth-order valence-corrected chi connectivity index (χ4v) is 3.97. The third kappa shape index (κ3) is 5.65. The molecule has 29 heavy (non-hydrogen) atoms. The van der Waals surface area contributed by atoms with Gasteiger partial charge in [-0.3, -0.25) is 5.10 Å². The van der Waals surface area contributed by atoms with Gasteiger partial charge in [0.2, 0.25) is 10.0 Å². The number of hydrogen-bond acceptors (Lipinski definition) is 5. The summed E-state index contributed by atoms with van der Waals surface area (Å²) in [6, 6.07) is 14.5. The predicted octanol–water partition coefficient (Wildman–Crippen LogP) is 3.20. The summed E-state index contributed by atoms with van der Waals surface area (Å²) in [6.07, 6.45) is 1.34. The lowest BCUT2D eigenvalue weighted by molar-refractivity contribution is 0.415. The largest absolute Gasteiger partial charge is 0.497 e. The third-order valence-corrected chi connectivity index (χ3v) is 5.89. The molecule has 0 amide bonds. The number of sulfonamides is 1. The maximum atomic E-state index is 12.5. The third-order valence-electron chi connectivity index (χ3n) is 4.41. The van der Waals surface area contributed by atoms with Crippen LogP contribution in [0.25, 0.3) is 11.4 Å². The zero-order valence-corrected chi connectivity index (χ0v) is 17.7. The standard InChI is InChI=1S/C21H26N4O3S/c1-15(2)14-16-4-10-19(11-5-16)29(26,27)22-13-12-20-23-21(25-24-20)17-6-8-18(28-3)9-7-17/h4-11,15,22H,12-14H2,1-3H3,(H,23,24,25). The summed E-state index contributed by atoms with van der Waals surface area (Å²) in [6.45, 7) is 4.50. The van der Waals surface area contributed by atoms with Crippen molar-refractivity contribution in [1.82, 2.24) is 19.9 Å². The van der Waals surface area contributed by atoms with E-state index in [1.165, 1.54) is 0 Å². The molecule has 0 fully saturated rings. The first kappa shape index (κ1) is 21.0. The highest BCUT2D eigenvalue weighted by atomic mass is 32.2. The van der Waals surface area contributed by atoms with Crippen LogP contribution in [0.5, 0.6) is 5.75 Å². The lowest BCUT2D eigenvalue weighted by Gasteiger charge is -2.08. The Morgan fingerprint density at radius 2 is 1.76 bits per heavy atom. The van der Waals surface area contributed by atoms with E-state index in [1.54, 1.807) is 19.2 Å². The topological polar surface area (TPSA) is 97.0 Å². The van der Waals surface area contributed by atoms with Crippen LogP contribution in [-0.2, 0) is 22.9 Å². The smallest absolute Gasteiger partial charge is 0.240 e. The molecule has 3 aromatic rings. The summed E-state index contributed by atoms with van der Waals surface area (Å²) in [5, 5.41) is 7.05. The molecule has 2 aromatic carbocycles. The lowest BCUT2D eigenvalue weighted by atomic mass is 10.0. The molecule has 0 spiro atoms. The summed E-state index contributed by atoms with van der Waals surface area (Å²) in [4.78, 5) is 4.69. The van der Waals surface area contributed by atoms with E-state index >= 15 is 0 Å². The van der Waals surface area contributed by atoms with Crippen LogP contribution in [0.2, 0.25) is 0 Å². The molecule has 0 bridgehead atoms. The Morgan fingerprint density at radius 3 is 2.38 bits per heavy atom. The van der Waals surface area contributed by atoms with Gasteiger partial charge in [0.05, 0.1) is 12.0 Å². The molecule has 7 nitrogen and oxygen atoms in total. The maximum absolute atomic E-state index is 12.5. The number of nitrogens with zero attached hydrogens (tertiary/aromatic N) is 2. The summed E-state index contributed by atoms with van der Waals surface area (Å²) >= 11 is 0. The van der Waals surface area contributed by atoms with Crippen molar-refractivity contribution in [3.05, 3.63) is 59.9 Å². The molecule has 1 heterocycles. The van der Waals surface area contributed by atoms with Gasteiger partial charge in [-0.15, -0.1) is 0 Å². The fourth-order valence-electron chi connectivity index (χ4n) is 2.94. The van der Waals surface area contributed by atoms with Crippen LogP contribution in [0.3, 0.4) is 0 Å². The van der Waals surface area contributed by atoms with Crippen LogP contribution in [0.4, 0.5) is 0 Å². The second kappa shape index (κ2) is 9.19. The molecule has 0 aliphatic rings. The fraction of sp³-hybridized carbons (Fsp3) is 0.333. The molecule has 0 aliphatic carbocycles. The second-order valence-corrected chi connectivity index (χ2v) is 8.99. The first-order valence-electron chi connectivity index (χ1n) is 9.51. The minimum absolute atomic E-state index is 0.229. The van der Waals surface area contributed by atoms with Gasteiger partial charge in [0, 0.05) is 18.5 Å². The summed E-state index contributed by atoms with van der Waals surface area (Å²) in [7, 11) is -1.94. The average molecular weight is 415 g/mol. The quantitative estimate of drug-likeness (QED) is 0.560. The van der Waals surface area contributed by atoms with Gasteiger partial charge in [-0.1, -0.05) is 26.0 Å². The summed E-state index contributed by atoms with van der Waals surface area (Å²) in [5.74, 6) is 2.47. The van der Waals surface area contributed by atoms with E-state index in [2.05, 4.69) is 33.8 Å². The van der Waals surface area contributed by atoms with Gasteiger partial charge in [-0.05, 0) is 54.3 Å². The van der Waals surface area contributed by atoms with Crippen molar-refractivity contribution in [2.45, 2.75) is 31.6 Å². The molecule has 0 atom stereocenters. The monoisotopic (exact) mass is 414 g/mol. The van der Waals surface area contributed by atoms with Gasteiger partial charge in [0.1, 0.15) is 11.6 Å². The van der Waals surface area contributed by atoms with E-state index in [9.17, 15) is 8.42 Å². The van der Waals surface area contributed by atoms with Gasteiger partial charge in [-0.2, -0.15) is 5.10 Å². The van der Waals surface area contributed by atoms with Crippen molar-refractivity contribution < 1.29 is 13.2 Å². The van der Waals surface area contributed by atoms with Crippen molar-refractivity contribution in [2.75, 3.05) is 13.7 Å². The number of rotatable bonds is 9. The van der Waals surface area contributed by atoms with Gasteiger partial charge < -0.3 is 4.74 Å². The number of benzene rings is 2. The second-order valence-electron chi connectivity index (χ2n) is 7.22. The zero-order chi connectivity index (χ0) is 20.9. The molecule has 1 aromatic heterocycles. The molecule has 8 heteroatoms. The highest BCUT2D eigenvalue weighted by Crippen LogP contribution is 2.19. The maximum Gasteiger partial charge on any atom is 0.240 e. The van der Waals surface area contributed by atoms with E-state index in [0.717, 1.165) is 23.3 Å². The van der Waals surface area contributed by atoms with Crippen molar-refractivity contribution in [3.63, 3.8) is 0 Å². The van der Waals surface area contributed by atoms with E-state index < -0.39 is 10.0 Å². The number of aromatic nitrogens is 3. The van der Waals surface area contributed by atoms with Crippen LogP contribution in [-0.4, -0.2) is 37.3 Å². The van der Waals surface area contributed by atoms with Gasteiger partial charge in [0.25, 0.3) is 0 Å². The van der Waals surface area contributed by atoms with E-state index in [-0.39, 0.29) is 11.4 Å². The number of H-pyrrole nitrogens is 1. The molecule has 0 saturated carbocycles. The zero-order valence-electron chi connectivity index (χ0n) is 16.8. The first-order valence-corrected chi connectivity index (χ1v) is 11.0. The first-order chi connectivity index (χ1) is 13.9. The van der Waals surface area contributed by atoms with Crippen LogP contribution < -0.4 is 9.46 Å². The lowest BCUT2D eigenvalue weighted by Crippen LogP contribution is -2.26. The number of nitrogens with one attached hydrogen (secondary N) is 2. The van der Waals surface area contributed by atoms with E-state index in [1.807, 2.05) is 36.4 Å². The average Bonchev–Trinajstić information content (AvgIpc) is 3.17. The van der Waals surface area contributed by atoms with Crippen molar-refractivity contribution >= 4 is 10.0 Å². The molecule has 0 unspecified atom stereocenters.